The number of amidine groups is 1. The van der Waals surface area contributed by atoms with E-state index in [9.17, 15) is 4.79 Å². The summed E-state index contributed by atoms with van der Waals surface area (Å²) < 4.78 is 0. The molecule has 0 aromatic rings. The summed E-state index contributed by atoms with van der Waals surface area (Å²) in [5, 5.41) is 6.97. The van der Waals surface area contributed by atoms with E-state index >= 15 is 0 Å². The van der Waals surface area contributed by atoms with Gasteiger partial charge in [-0.25, -0.2) is 0 Å². The number of hydrogen-bond acceptors (Lipinski definition) is 4. The maximum absolute atomic E-state index is 12.3. The molecule has 1 heterocycles. The SMILES string of the molecule is CNC1(C(C)C)SC(=NC2CCCCCCC2)NC1=O. The van der Waals surface area contributed by atoms with Gasteiger partial charge >= 0.3 is 0 Å². The van der Waals surface area contributed by atoms with Crippen LogP contribution in [-0.2, 0) is 4.79 Å². The van der Waals surface area contributed by atoms with Crippen molar-refractivity contribution in [1.82, 2.24) is 10.6 Å². The maximum atomic E-state index is 12.3. The topological polar surface area (TPSA) is 53.5 Å². The van der Waals surface area contributed by atoms with Gasteiger partial charge in [0.15, 0.2) is 10.0 Å². The zero-order valence-electron chi connectivity index (χ0n) is 12.9. The zero-order chi connectivity index (χ0) is 14.6. The first kappa shape index (κ1) is 15.8. The summed E-state index contributed by atoms with van der Waals surface area (Å²) in [6.45, 7) is 4.14. The smallest absolute Gasteiger partial charge is 0.257 e. The molecule has 114 valence electrons. The van der Waals surface area contributed by atoms with E-state index in [0.29, 0.717) is 6.04 Å². The lowest BCUT2D eigenvalue weighted by Crippen LogP contribution is -2.51. The minimum Gasteiger partial charge on any atom is -0.303 e. The highest BCUT2D eigenvalue weighted by Crippen LogP contribution is 2.36. The monoisotopic (exact) mass is 297 g/mol. The predicted molar refractivity (Wildman–Crippen MR) is 85.9 cm³/mol. The Kier molecular flexibility index (Phi) is 5.49. The summed E-state index contributed by atoms with van der Waals surface area (Å²) in [5.74, 6) is 0.270. The van der Waals surface area contributed by atoms with Crippen LogP contribution in [0.25, 0.3) is 0 Å². The quantitative estimate of drug-likeness (QED) is 0.842. The molecule has 5 heteroatoms. The lowest BCUT2D eigenvalue weighted by Gasteiger charge is -2.27. The van der Waals surface area contributed by atoms with E-state index < -0.39 is 4.87 Å². The Morgan fingerprint density at radius 2 is 1.85 bits per heavy atom. The fourth-order valence-electron chi connectivity index (χ4n) is 3.04. The summed E-state index contributed by atoms with van der Waals surface area (Å²) in [6, 6.07) is 0.387. The highest BCUT2D eigenvalue weighted by atomic mass is 32.2. The van der Waals surface area contributed by atoms with Crippen LogP contribution in [0.3, 0.4) is 0 Å². The van der Waals surface area contributed by atoms with Gasteiger partial charge in [0.25, 0.3) is 5.91 Å². The Labute approximate surface area is 126 Å². The lowest BCUT2D eigenvalue weighted by molar-refractivity contribution is -0.123. The molecule has 1 unspecified atom stereocenters. The molecule has 1 saturated heterocycles. The minimum absolute atomic E-state index is 0.0459. The van der Waals surface area contributed by atoms with Crippen molar-refractivity contribution in [2.45, 2.75) is 69.7 Å². The van der Waals surface area contributed by atoms with Crippen molar-refractivity contribution in [2.24, 2.45) is 10.9 Å². The largest absolute Gasteiger partial charge is 0.303 e. The predicted octanol–water partition coefficient (Wildman–Crippen LogP) is 2.89. The molecule has 2 N–H and O–H groups in total. The second-order valence-electron chi connectivity index (χ2n) is 6.13. The van der Waals surface area contributed by atoms with Crippen molar-refractivity contribution in [3.63, 3.8) is 0 Å². The van der Waals surface area contributed by atoms with E-state index in [1.165, 1.54) is 32.1 Å². The minimum atomic E-state index is -0.555. The molecule has 0 aromatic heterocycles. The van der Waals surface area contributed by atoms with Gasteiger partial charge < -0.3 is 5.32 Å². The van der Waals surface area contributed by atoms with Crippen LogP contribution in [0.15, 0.2) is 4.99 Å². The van der Waals surface area contributed by atoms with Crippen LogP contribution in [0.2, 0.25) is 0 Å². The van der Waals surface area contributed by atoms with Crippen LogP contribution >= 0.6 is 11.8 Å². The lowest BCUT2D eigenvalue weighted by atomic mass is 9.97. The van der Waals surface area contributed by atoms with Crippen molar-refractivity contribution >= 4 is 22.8 Å². The fourth-order valence-corrected chi connectivity index (χ4v) is 4.17. The van der Waals surface area contributed by atoms with Crippen LogP contribution in [-0.4, -0.2) is 29.0 Å². The molecular formula is C15H27N3OS. The van der Waals surface area contributed by atoms with Crippen molar-refractivity contribution in [2.75, 3.05) is 7.05 Å². The summed E-state index contributed by atoms with van der Waals surface area (Å²) in [5.41, 5.74) is 0. The molecule has 2 rings (SSSR count). The highest BCUT2D eigenvalue weighted by molar-refractivity contribution is 8.16. The Balaban J connectivity index is 2.06. The first-order chi connectivity index (χ1) is 9.58. The second kappa shape index (κ2) is 6.94. The number of nitrogens with one attached hydrogen (secondary N) is 2. The molecule has 4 nitrogen and oxygen atoms in total. The molecule has 2 fully saturated rings. The molecular weight excluding hydrogens is 270 g/mol. The van der Waals surface area contributed by atoms with Crippen LogP contribution < -0.4 is 10.6 Å². The van der Waals surface area contributed by atoms with E-state index in [1.807, 2.05) is 7.05 Å². The fraction of sp³-hybridized carbons (Fsp3) is 0.867. The standard InChI is InChI=1S/C15H27N3OS/c1-11(2)15(16-3)13(19)18-14(20-15)17-12-9-7-5-4-6-8-10-12/h11-12,16H,4-10H2,1-3H3,(H,17,18,19). The first-order valence-corrected chi connectivity index (χ1v) is 8.67. The Morgan fingerprint density at radius 3 is 2.35 bits per heavy atom. The number of carbonyl (C=O) groups is 1. The summed E-state index contributed by atoms with van der Waals surface area (Å²) in [7, 11) is 1.85. The van der Waals surface area contributed by atoms with Crippen LogP contribution in [0.1, 0.15) is 58.8 Å². The summed E-state index contributed by atoms with van der Waals surface area (Å²) in [6.07, 6.45) is 8.87. The van der Waals surface area contributed by atoms with Gasteiger partial charge in [0.1, 0.15) is 0 Å². The van der Waals surface area contributed by atoms with Gasteiger partial charge in [-0.3, -0.25) is 15.1 Å². The van der Waals surface area contributed by atoms with E-state index in [-0.39, 0.29) is 11.8 Å². The number of likely N-dealkylation sites (N-methyl/N-ethyl adjacent to an activating group) is 1. The number of aliphatic imine (C=N–C) groups is 1. The number of rotatable bonds is 3. The maximum Gasteiger partial charge on any atom is 0.257 e. The number of amides is 1. The molecule has 2 aliphatic rings. The Hall–Kier alpha value is -0.550. The van der Waals surface area contributed by atoms with Crippen LogP contribution in [0.4, 0.5) is 0 Å². The van der Waals surface area contributed by atoms with Crippen molar-refractivity contribution in [3.05, 3.63) is 0 Å². The van der Waals surface area contributed by atoms with Gasteiger partial charge in [-0.05, 0) is 25.8 Å². The normalized spacial score (nSPS) is 31.4. The van der Waals surface area contributed by atoms with Gasteiger partial charge in [0.05, 0.1) is 6.04 Å². The zero-order valence-corrected chi connectivity index (χ0v) is 13.7. The summed E-state index contributed by atoms with van der Waals surface area (Å²) >= 11 is 1.56. The van der Waals surface area contributed by atoms with E-state index in [2.05, 4.69) is 24.5 Å². The number of thioether (sulfide) groups is 1. The molecule has 1 saturated carbocycles. The third-order valence-corrected chi connectivity index (χ3v) is 5.96. The highest BCUT2D eigenvalue weighted by Gasteiger charge is 2.48. The Bertz CT molecular complexity index is 375. The molecule has 1 aliphatic carbocycles. The van der Waals surface area contributed by atoms with Gasteiger partial charge in [-0.15, -0.1) is 0 Å². The average Bonchev–Trinajstić information content (AvgIpc) is 2.70. The molecule has 0 aromatic carbocycles. The molecule has 0 spiro atoms. The van der Waals surface area contributed by atoms with E-state index in [0.717, 1.165) is 18.0 Å². The van der Waals surface area contributed by atoms with Crippen molar-refractivity contribution < 1.29 is 4.79 Å². The van der Waals surface area contributed by atoms with Gasteiger partial charge in [-0.2, -0.15) is 0 Å². The molecule has 1 amide bonds. The van der Waals surface area contributed by atoms with Gasteiger partial charge in [-0.1, -0.05) is 57.7 Å². The van der Waals surface area contributed by atoms with E-state index in [4.69, 9.17) is 4.99 Å². The van der Waals surface area contributed by atoms with Crippen LogP contribution in [0.5, 0.6) is 0 Å². The number of carbonyl (C=O) groups excluding carboxylic acids is 1. The van der Waals surface area contributed by atoms with Crippen LogP contribution in [0, 0.1) is 5.92 Å². The van der Waals surface area contributed by atoms with E-state index in [1.54, 1.807) is 11.8 Å². The number of hydrogen-bond donors (Lipinski definition) is 2. The number of nitrogens with zero attached hydrogens (tertiary/aromatic N) is 1. The first-order valence-electron chi connectivity index (χ1n) is 7.85. The molecule has 0 bridgehead atoms. The third kappa shape index (κ3) is 3.37. The third-order valence-electron chi connectivity index (χ3n) is 4.37. The van der Waals surface area contributed by atoms with Crippen molar-refractivity contribution in [3.8, 4) is 0 Å². The molecule has 1 aliphatic heterocycles. The van der Waals surface area contributed by atoms with Crippen molar-refractivity contribution in [1.29, 1.82) is 0 Å². The average molecular weight is 297 g/mol. The molecule has 20 heavy (non-hydrogen) atoms. The molecule has 1 atom stereocenters. The van der Waals surface area contributed by atoms with Gasteiger partial charge in [0.2, 0.25) is 0 Å². The van der Waals surface area contributed by atoms with Gasteiger partial charge in [0, 0.05) is 0 Å². The molecule has 0 radical (unpaired) electrons. The summed E-state index contributed by atoms with van der Waals surface area (Å²) in [4.78, 5) is 16.5. The second-order valence-corrected chi connectivity index (χ2v) is 7.36. The Morgan fingerprint density at radius 1 is 1.25 bits per heavy atom.